The summed E-state index contributed by atoms with van der Waals surface area (Å²) in [5.41, 5.74) is 2.42. The van der Waals surface area contributed by atoms with Crippen molar-refractivity contribution in [2.75, 3.05) is 7.11 Å². The molecule has 0 unspecified atom stereocenters. The van der Waals surface area contributed by atoms with Crippen molar-refractivity contribution in [3.63, 3.8) is 0 Å². The monoisotopic (exact) mass is 260 g/mol. The Morgan fingerprint density at radius 2 is 1.50 bits per heavy atom. The van der Waals surface area contributed by atoms with Crippen LogP contribution in [0.3, 0.4) is 0 Å². The first kappa shape index (κ1) is 11.2. The van der Waals surface area contributed by atoms with Gasteiger partial charge in [-0.15, -0.1) is 0 Å². The Labute approximate surface area is 116 Å². The number of rotatable bonds is 1. The molecule has 0 fully saturated rings. The second-order valence-corrected chi connectivity index (χ2v) is 4.88. The first-order valence-electron chi connectivity index (χ1n) is 6.67. The van der Waals surface area contributed by atoms with E-state index in [9.17, 15) is 0 Å². The lowest BCUT2D eigenvalue weighted by molar-refractivity contribution is -0.480. The van der Waals surface area contributed by atoms with Crippen LogP contribution in [0.15, 0.2) is 66.9 Å². The Bertz CT molecular complexity index is 908. The molecule has 4 rings (SSSR count). The predicted molar refractivity (Wildman–Crippen MR) is 81.2 cm³/mol. The van der Waals surface area contributed by atoms with Crippen molar-refractivity contribution >= 4 is 27.2 Å². The van der Waals surface area contributed by atoms with Crippen molar-refractivity contribution in [1.82, 2.24) is 0 Å². The van der Waals surface area contributed by atoms with Crippen LogP contribution in [-0.2, 0) is 0 Å². The summed E-state index contributed by atoms with van der Waals surface area (Å²) in [7, 11) is 1.71. The Balaban J connectivity index is 2.35. The molecule has 0 atom stereocenters. The molecule has 0 radical (unpaired) electrons. The predicted octanol–water partition coefficient (Wildman–Crippen LogP) is 3.74. The molecule has 96 valence electrons. The topological polar surface area (TPSA) is 13.3 Å². The van der Waals surface area contributed by atoms with Gasteiger partial charge in [0.15, 0.2) is 6.20 Å². The molecular formula is C18H14NO+. The summed E-state index contributed by atoms with van der Waals surface area (Å²) in [4.78, 5) is 0. The summed E-state index contributed by atoms with van der Waals surface area (Å²) in [6, 6.07) is 21.0. The van der Waals surface area contributed by atoms with E-state index in [1.165, 1.54) is 27.2 Å². The molecule has 2 heterocycles. The molecule has 2 nitrogen and oxygen atoms in total. The van der Waals surface area contributed by atoms with Crippen LogP contribution >= 0.6 is 0 Å². The van der Waals surface area contributed by atoms with Crippen LogP contribution in [0, 0.1) is 0 Å². The van der Waals surface area contributed by atoms with Gasteiger partial charge in [0.1, 0.15) is 5.75 Å². The highest BCUT2D eigenvalue weighted by Crippen LogP contribution is 2.28. The minimum atomic E-state index is 0.888. The Morgan fingerprint density at radius 1 is 0.750 bits per heavy atom. The number of benzene rings is 2. The molecule has 20 heavy (non-hydrogen) atoms. The van der Waals surface area contributed by atoms with Gasteiger partial charge in [-0.3, -0.25) is 0 Å². The molecule has 0 aliphatic rings. The van der Waals surface area contributed by atoms with Crippen LogP contribution in [0.1, 0.15) is 0 Å². The van der Waals surface area contributed by atoms with Crippen LogP contribution in [0.25, 0.3) is 27.2 Å². The van der Waals surface area contributed by atoms with Gasteiger partial charge in [-0.1, -0.05) is 18.2 Å². The molecule has 0 aliphatic carbocycles. The molecule has 0 saturated heterocycles. The van der Waals surface area contributed by atoms with E-state index in [0.29, 0.717) is 0 Å². The molecule has 4 aromatic rings. The molecule has 0 aliphatic heterocycles. The van der Waals surface area contributed by atoms with Gasteiger partial charge in [-0.25, -0.2) is 0 Å². The third-order valence-corrected chi connectivity index (χ3v) is 3.82. The van der Waals surface area contributed by atoms with Crippen LogP contribution in [0.4, 0.5) is 0 Å². The molecular weight excluding hydrogens is 246 g/mol. The number of hydrogen-bond acceptors (Lipinski definition) is 1. The summed E-state index contributed by atoms with van der Waals surface area (Å²) < 4.78 is 7.61. The van der Waals surface area contributed by atoms with Gasteiger partial charge in [0.2, 0.25) is 11.0 Å². The lowest BCUT2D eigenvalue weighted by atomic mass is 10.0. The van der Waals surface area contributed by atoms with Gasteiger partial charge < -0.3 is 4.74 Å². The summed E-state index contributed by atoms with van der Waals surface area (Å²) in [6.45, 7) is 0. The minimum absolute atomic E-state index is 0.888. The fraction of sp³-hybridized carbons (Fsp3) is 0.0556. The fourth-order valence-corrected chi connectivity index (χ4v) is 2.88. The second kappa shape index (κ2) is 4.20. The number of aromatic nitrogens is 1. The van der Waals surface area contributed by atoms with Crippen molar-refractivity contribution in [1.29, 1.82) is 0 Å². The average Bonchev–Trinajstić information content (AvgIpc) is 2.54. The number of fused-ring (bicyclic) bond motifs is 6. The largest absolute Gasteiger partial charge is 0.497 e. The van der Waals surface area contributed by atoms with E-state index < -0.39 is 0 Å². The normalized spacial score (nSPS) is 11.2. The number of ether oxygens (including phenoxy) is 1. The molecule has 2 aromatic heterocycles. The maximum Gasteiger partial charge on any atom is 0.219 e. The quantitative estimate of drug-likeness (QED) is 0.375. The maximum atomic E-state index is 5.37. The zero-order chi connectivity index (χ0) is 13.5. The molecule has 0 bridgehead atoms. The molecule has 2 aromatic carbocycles. The van der Waals surface area contributed by atoms with Crippen molar-refractivity contribution in [3.05, 3.63) is 66.9 Å². The first-order chi connectivity index (χ1) is 9.88. The van der Waals surface area contributed by atoms with Gasteiger partial charge in [0.25, 0.3) is 0 Å². The zero-order valence-corrected chi connectivity index (χ0v) is 11.2. The summed E-state index contributed by atoms with van der Waals surface area (Å²) >= 11 is 0. The highest BCUT2D eigenvalue weighted by Gasteiger charge is 2.15. The number of hydrogen-bond donors (Lipinski definition) is 0. The van der Waals surface area contributed by atoms with E-state index in [1.54, 1.807) is 7.11 Å². The van der Waals surface area contributed by atoms with Crippen molar-refractivity contribution in [2.45, 2.75) is 0 Å². The van der Waals surface area contributed by atoms with Crippen molar-refractivity contribution < 1.29 is 9.14 Å². The van der Waals surface area contributed by atoms with Crippen LogP contribution in [-0.4, -0.2) is 7.11 Å². The standard InChI is InChI=1S/C18H14NO/c1-20-13-9-10-18-16(12-13)14-6-2-3-7-15(14)17-8-4-5-11-19(17)18/h2-12H,1H3/q+1. The lowest BCUT2D eigenvalue weighted by Gasteiger charge is -2.05. The van der Waals surface area contributed by atoms with Gasteiger partial charge in [0.05, 0.1) is 17.9 Å². The summed E-state index contributed by atoms with van der Waals surface area (Å²) in [5.74, 6) is 0.888. The van der Waals surface area contributed by atoms with Gasteiger partial charge in [-0.2, -0.15) is 4.40 Å². The van der Waals surface area contributed by atoms with E-state index in [2.05, 4.69) is 65.2 Å². The molecule has 0 amide bonds. The Kier molecular flexibility index (Phi) is 2.36. The minimum Gasteiger partial charge on any atom is -0.497 e. The smallest absolute Gasteiger partial charge is 0.219 e. The fourth-order valence-electron chi connectivity index (χ4n) is 2.88. The van der Waals surface area contributed by atoms with E-state index in [1.807, 2.05) is 6.07 Å². The van der Waals surface area contributed by atoms with E-state index in [-0.39, 0.29) is 0 Å². The van der Waals surface area contributed by atoms with Crippen molar-refractivity contribution in [2.24, 2.45) is 0 Å². The third-order valence-electron chi connectivity index (χ3n) is 3.82. The molecule has 0 saturated carbocycles. The molecule has 0 N–H and O–H groups in total. The Morgan fingerprint density at radius 3 is 2.35 bits per heavy atom. The zero-order valence-electron chi connectivity index (χ0n) is 11.2. The average molecular weight is 260 g/mol. The van der Waals surface area contributed by atoms with Crippen LogP contribution < -0.4 is 9.14 Å². The maximum absolute atomic E-state index is 5.37. The summed E-state index contributed by atoms with van der Waals surface area (Å²) in [5, 5.41) is 3.73. The lowest BCUT2D eigenvalue weighted by Crippen LogP contribution is -2.22. The highest BCUT2D eigenvalue weighted by atomic mass is 16.5. The molecule has 0 spiro atoms. The Hall–Kier alpha value is -2.61. The SMILES string of the molecule is COc1ccc2c(c1)c1ccccc1c1cccc[n+]12. The second-order valence-electron chi connectivity index (χ2n) is 4.88. The third kappa shape index (κ3) is 1.48. The van der Waals surface area contributed by atoms with Crippen molar-refractivity contribution in [3.8, 4) is 5.75 Å². The summed E-state index contributed by atoms with van der Waals surface area (Å²) in [6.07, 6.45) is 2.11. The number of nitrogens with zero attached hydrogens (tertiary/aromatic N) is 1. The first-order valence-corrected chi connectivity index (χ1v) is 6.67. The van der Waals surface area contributed by atoms with E-state index in [0.717, 1.165) is 5.75 Å². The van der Waals surface area contributed by atoms with Crippen LogP contribution in [0.2, 0.25) is 0 Å². The van der Waals surface area contributed by atoms with Gasteiger partial charge >= 0.3 is 0 Å². The van der Waals surface area contributed by atoms with Crippen LogP contribution in [0.5, 0.6) is 5.75 Å². The highest BCUT2D eigenvalue weighted by molar-refractivity contribution is 6.09. The number of methoxy groups -OCH3 is 1. The number of pyridine rings is 2. The van der Waals surface area contributed by atoms with E-state index in [4.69, 9.17) is 4.74 Å². The van der Waals surface area contributed by atoms with Gasteiger partial charge in [0, 0.05) is 23.6 Å². The molecule has 2 heteroatoms. The van der Waals surface area contributed by atoms with Gasteiger partial charge in [-0.05, 0) is 24.3 Å². The van der Waals surface area contributed by atoms with E-state index >= 15 is 0 Å².